The van der Waals surface area contributed by atoms with Crippen LogP contribution in [0.1, 0.15) is 0 Å². The summed E-state index contributed by atoms with van der Waals surface area (Å²) < 4.78 is 56.0. The van der Waals surface area contributed by atoms with Gasteiger partial charge in [0.2, 0.25) is 0 Å². The zero-order chi connectivity index (χ0) is 12.4. The maximum atomic E-state index is 13.1. The number of pyridine rings is 1. The number of rotatable bonds is 2. The first-order valence-corrected chi connectivity index (χ1v) is 4.51. The number of hydrogen-bond acceptors (Lipinski definition) is 2. The van der Waals surface area contributed by atoms with Crippen LogP contribution in [0.4, 0.5) is 17.6 Å². The highest BCUT2D eigenvalue weighted by Crippen LogP contribution is 2.23. The third-order valence-electron chi connectivity index (χ3n) is 1.87. The number of nitrogens with zero attached hydrogens (tertiary/aromatic N) is 1. The average Bonchev–Trinajstić information content (AvgIpc) is 2.26. The number of halogens is 4. The summed E-state index contributed by atoms with van der Waals surface area (Å²) in [7, 11) is 0. The van der Waals surface area contributed by atoms with E-state index >= 15 is 0 Å². The molecule has 17 heavy (non-hydrogen) atoms. The van der Waals surface area contributed by atoms with Gasteiger partial charge in [0.25, 0.3) is 11.8 Å². The maximum Gasteiger partial charge on any atom is 0.258 e. The highest BCUT2D eigenvalue weighted by atomic mass is 19.2. The van der Waals surface area contributed by atoms with Crippen LogP contribution in [0.3, 0.4) is 0 Å². The van der Waals surface area contributed by atoms with Crippen molar-refractivity contribution in [2.24, 2.45) is 0 Å². The SMILES string of the molecule is Fc1cccc(Oc2nc(F)c(F)cc2F)c1. The number of ether oxygens (including phenoxy) is 1. The summed E-state index contributed by atoms with van der Waals surface area (Å²) in [5.41, 5.74) is 0. The van der Waals surface area contributed by atoms with Crippen LogP contribution < -0.4 is 4.74 Å². The van der Waals surface area contributed by atoms with Crippen molar-refractivity contribution in [1.82, 2.24) is 4.98 Å². The van der Waals surface area contributed by atoms with Gasteiger partial charge < -0.3 is 4.74 Å². The fourth-order valence-electron chi connectivity index (χ4n) is 1.14. The predicted octanol–water partition coefficient (Wildman–Crippen LogP) is 3.43. The Morgan fingerprint density at radius 3 is 2.41 bits per heavy atom. The molecule has 0 atom stereocenters. The Bertz CT molecular complexity index is 559. The normalized spacial score (nSPS) is 10.4. The van der Waals surface area contributed by atoms with Gasteiger partial charge in [-0.1, -0.05) is 6.07 Å². The molecule has 1 aromatic carbocycles. The van der Waals surface area contributed by atoms with E-state index in [1.54, 1.807) is 0 Å². The van der Waals surface area contributed by atoms with Crippen molar-refractivity contribution in [3.8, 4) is 11.6 Å². The predicted molar refractivity (Wildman–Crippen MR) is 50.6 cm³/mol. The van der Waals surface area contributed by atoms with Crippen LogP contribution in [0.2, 0.25) is 0 Å². The fourth-order valence-corrected chi connectivity index (χ4v) is 1.14. The standard InChI is InChI=1S/C11H5F4NO/c12-6-2-1-3-7(4-6)17-11-9(14)5-8(13)10(15)16-11/h1-5H. The highest BCUT2D eigenvalue weighted by molar-refractivity contribution is 5.28. The fraction of sp³-hybridized carbons (Fsp3) is 0. The maximum absolute atomic E-state index is 13.1. The van der Waals surface area contributed by atoms with Crippen LogP contribution in [0, 0.1) is 23.4 Å². The van der Waals surface area contributed by atoms with Crippen molar-refractivity contribution in [2.45, 2.75) is 0 Å². The monoisotopic (exact) mass is 243 g/mol. The number of hydrogen-bond donors (Lipinski definition) is 0. The zero-order valence-electron chi connectivity index (χ0n) is 8.25. The molecule has 0 saturated carbocycles. The molecule has 0 N–H and O–H groups in total. The van der Waals surface area contributed by atoms with Crippen molar-refractivity contribution < 1.29 is 22.3 Å². The quantitative estimate of drug-likeness (QED) is 0.595. The molecule has 0 amide bonds. The van der Waals surface area contributed by atoms with E-state index in [-0.39, 0.29) is 5.75 Å². The average molecular weight is 243 g/mol. The molecule has 2 nitrogen and oxygen atoms in total. The summed E-state index contributed by atoms with van der Waals surface area (Å²) in [6, 6.07) is 5.06. The Kier molecular flexibility index (Phi) is 2.95. The minimum Gasteiger partial charge on any atom is -0.436 e. The first kappa shape index (κ1) is 11.4. The summed E-state index contributed by atoms with van der Waals surface area (Å²) >= 11 is 0. The van der Waals surface area contributed by atoms with Gasteiger partial charge in [-0.15, -0.1) is 0 Å². The van der Waals surface area contributed by atoms with Gasteiger partial charge in [-0.2, -0.15) is 9.37 Å². The first-order chi connectivity index (χ1) is 8.06. The van der Waals surface area contributed by atoms with Gasteiger partial charge in [-0.3, -0.25) is 0 Å². The van der Waals surface area contributed by atoms with E-state index in [4.69, 9.17) is 4.74 Å². The van der Waals surface area contributed by atoms with Crippen LogP contribution in [0.15, 0.2) is 30.3 Å². The van der Waals surface area contributed by atoms with Gasteiger partial charge in [-0.25, -0.2) is 13.2 Å². The van der Waals surface area contributed by atoms with E-state index in [1.165, 1.54) is 12.1 Å². The van der Waals surface area contributed by atoms with Gasteiger partial charge in [0, 0.05) is 12.1 Å². The van der Waals surface area contributed by atoms with Crippen LogP contribution in [0.5, 0.6) is 11.6 Å². The largest absolute Gasteiger partial charge is 0.436 e. The van der Waals surface area contributed by atoms with E-state index in [2.05, 4.69) is 4.98 Å². The second-order valence-corrected chi connectivity index (χ2v) is 3.11. The van der Waals surface area contributed by atoms with Crippen molar-refractivity contribution >= 4 is 0 Å². The Labute approximate surface area is 93.5 Å². The van der Waals surface area contributed by atoms with Gasteiger partial charge in [0.15, 0.2) is 11.6 Å². The molecule has 0 fully saturated rings. The lowest BCUT2D eigenvalue weighted by atomic mass is 10.3. The molecule has 6 heteroatoms. The molecule has 2 rings (SSSR count). The van der Waals surface area contributed by atoms with Crippen molar-refractivity contribution in [2.75, 3.05) is 0 Å². The van der Waals surface area contributed by atoms with Crippen molar-refractivity contribution in [1.29, 1.82) is 0 Å². The van der Waals surface area contributed by atoms with E-state index < -0.39 is 29.3 Å². The van der Waals surface area contributed by atoms with E-state index in [1.807, 2.05) is 0 Å². The molecule has 0 bridgehead atoms. The third kappa shape index (κ3) is 2.52. The van der Waals surface area contributed by atoms with E-state index in [0.29, 0.717) is 6.07 Å². The summed E-state index contributed by atoms with van der Waals surface area (Å²) in [6.07, 6.45) is 0. The van der Waals surface area contributed by atoms with Gasteiger partial charge in [-0.05, 0) is 12.1 Å². The number of aromatic nitrogens is 1. The van der Waals surface area contributed by atoms with Crippen LogP contribution in [-0.2, 0) is 0 Å². The Hall–Kier alpha value is -2.11. The number of benzene rings is 1. The smallest absolute Gasteiger partial charge is 0.258 e. The molecular formula is C11H5F4NO. The van der Waals surface area contributed by atoms with Gasteiger partial charge in [0.1, 0.15) is 11.6 Å². The van der Waals surface area contributed by atoms with Crippen molar-refractivity contribution in [3.05, 3.63) is 53.7 Å². The lowest BCUT2D eigenvalue weighted by Crippen LogP contribution is -1.98. The van der Waals surface area contributed by atoms with Crippen LogP contribution in [0.25, 0.3) is 0 Å². The van der Waals surface area contributed by atoms with Crippen molar-refractivity contribution in [3.63, 3.8) is 0 Å². The third-order valence-corrected chi connectivity index (χ3v) is 1.87. The van der Waals surface area contributed by atoms with Crippen LogP contribution in [-0.4, -0.2) is 4.98 Å². The molecule has 2 aromatic rings. The minimum absolute atomic E-state index is 0.0672. The lowest BCUT2D eigenvalue weighted by Gasteiger charge is -2.05. The Morgan fingerprint density at radius 1 is 0.941 bits per heavy atom. The molecule has 0 radical (unpaired) electrons. The molecular weight excluding hydrogens is 238 g/mol. The molecule has 0 saturated heterocycles. The molecule has 0 aliphatic carbocycles. The summed E-state index contributed by atoms with van der Waals surface area (Å²) in [6.45, 7) is 0. The summed E-state index contributed by atoms with van der Waals surface area (Å²) in [4.78, 5) is 2.94. The Balaban J connectivity index is 2.33. The highest BCUT2D eigenvalue weighted by Gasteiger charge is 2.13. The first-order valence-electron chi connectivity index (χ1n) is 4.51. The molecule has 88 valence electrons. The van der Waals surface area contributed by atoms with E-state index in [9.17, 15) is 17.6 Å². The molecule has 0 aliphatic heterocycles. The topological polar surface area (TPSA) is 22.1 Å². The summed E-state index contributed by atoms with van der Waals surface area (Å²) in [5.74, 6) is -5.51. The zero-order valence-corrected chi connectivity index (χ0v) is 8.25. The molecule has 1 heterocycles. The minimum atomic E-state index is -1.49. The molecule has 1 aromatic heterocycles. The van der Waals surface area contributed by atoms with Crippen LogP contribution >= 0.6 is 0 Å². The van der Waals surface area contributed by atoms with Gasteiger partial charge in [0.05, 0.1) is 0 Å². The van der Waals surface area contributed by atoms with E-state index in [0.717, 1.165) is 12.1 Å². The summed E-state index contributed by atoms with van der Waals surface area (Å²) in [5, 5.41) is 0. The lowest BCUT2D eigenvalue weighted by molar-refractivity contribution is 0.385. The molecule has 0 spiro atoms. The second-order valence-electron chi connectivity index (χ2n) is 3.11. The second kappa shape index (κ2) is 4.40. The molecule has 0 unspecified atom stereocenters. The Morgan fingerprint density at radius 2 is 1.71 bits per heavy atom. The van der Waals surface area contributed by atoms with Gasteiger partial charge >= 0.3 is 0 Å². The molecule has 0 aliphatic rings.